The fraction of sp³-hybridized carbons (Fsp3) is 0.235. The number of primary amides is 1. The summed E-state index contributed by atoms with van der Waals surface area (Å²) in [5, 5.41) is 9.75. The number of thiazole rings is 1. The monoisotopic (exact) mass is 374 g/mol. The molecular weight excluding hydrogens is 356 g/mol. The van der Waals surface area contributed by atoms with Crippen molar-refractivity contribution < 1.29 is 9.59 Å². The highest BCUT2D eigenvalue weighted by molar-refractivity contribution is 7.14. The molecule has 0 spiro atoms. The fourth-order valence-corrected chi connectivity index (χ4v) is 4.17. The molecule has 0 aliphatic rings. The Kier molecular flexibility index (Phi) is 5.00. The van der Waals surface area contributed by atoms with Crippen molar-refractivity contribution in [1.82, 2.24) is 14.9 Å². The van der Waals surface area contributed by atoms with Crippen molar-refractivity contribution in [3.8, 4) is 22.0 Å². The van der Waals surface area contributed by atoms with Crippen LogP contribution in [-0.2, 0) is 11.3 Å². The van der Waals surface area contributed by atoms with E-state index in [0.717, 1.165) is 27.7 Å². The molecule has 3 rings (SSSR count). The van der Waals surface area contributed by atoms with Crippen LogP contribution in [0.15, 0.2) is 28.3 Å². The predicted molar refractivity (Wildman–Crippen MR) is 101 cm³/mol. The molecule has 0 unspecified atom stereocenters. The Morgan fingerprint density at radius 3 is 2.80 bits per heavy atom. The summed E-state index contributed by atoms with van der Waals surface area (Å²) >= 11 is 3.19. The average Bonchev–Trinajstić information content (AvgIpc) is 3.26. The minimum absolute atomic E-state index is 0.0881. The summed E-state index contributed by atoms with van der Waals surface area (Å²) < 4.78 is 1.97. The van der Waals surface area contributed by atoms with Crippen LogP contribution >= 0.6 is 22.7 Å². The first-order valence-electron chi connectivity index (χ1n) is 7.70. The van der Waals surface area contributed by atoms with Crippen LogP contribution in [-0.4, -0.2) is 27.9 Å². The van der Waals surface area contributed by atoms with Crippen LogP contribution in [0.1, 0.15) is 23.0 Å². The van der Waals surface area contributed by atoms with E-state index >= 15 is 0 Å². The Morgan fingerprint density at radius 2 is 2.16 bits per heavy atom. The molecule has 3 N–H and O–H groups in total. The predicted octanol–water partition coefficient (Wildman–Crippen LogP) is 2.88. The second kappa shape index (κ2) is 7.20. The zero-order valence-corrected chi connectivity index (χ0v) is 15.5. The summed E-state index contributed by atoms with van der Waals surface area (Å²) in [5.74, 6) is -0.555. The van der Waals surface area contributed by atoms with Crippen molar-refractivity contribution >= 4 is 34.5 Å². The molecule has 130 valence electrons. The van der Waals surface area contributed by atoms with E-state index in [-0.39, 0.29) is 5.91 Å². The third-order valence-electron chi connectivity index (χ3n) is 3.88. The number of thiophene rings is 1. The number of aromatic nitrogens is 2. The molecule has 2 amide bonds. The molecular formula is C17H18N4O2S2. The summed E-state index contributed by atoms with van der Waals surface area (Å²) in [6.07, 6.45) is 0. The van der Waals surface area contributed by atoms with Crippen LogP contribution < -0.4 is 11.1 Å². The van der Waals surface area contributed by atoms with Crippen LogP contribution in [0.4, 0.5) is 0 Å². The van der Waals surface area contributed by atoms with Gasteiger partial charge in [0.05, 0.1) is 17.0 Å². The van der Waals surface area contributed by atoms with Gasteiger partial charge in [-0.3, -0.25) is 9.59 Å². The fourth-order valence-electron chi connectivity index (χ4n) is 2.65. The molecule has 3 heterocycles. The molecule has 3 aromatic rings. The molecule has 0 radical (unpaired) electrons. The van der Waals surface area contributed by atoms with Crippen molar-refractivity contribution in [3.05, 3.63) is 39.5 Å². The minimum atomic E-state index is -0.467. The summed E-state index contributed by atoms with van der Waals surface area (Å²) in [6, 6.07) is 3.81. The number of hydrogen-bond acceptors (Lipinski definition) is 5. The maximum atomic E-state index is 11.7. The van der Waals surface area contributed by atoms with Crippen LogP contribution in [0, 0.1) is 6.92 Å². The standard InChI is InChI=1S/C17H18N4O2S2/c1-10-13(16(18)23)7-15(21(10)5-4-19-11(2)22)14-9-25-17(20-14)12-3-6-24-8-12/h3,6-9H,4-5H2,1-2H3,(H2,18,23)(H,19,22). The minimum Gasteiger partial charge on any atom is -0.366 e. The summed E-state index contributed by atoms with van der Waals surface area (Å²) in [4.78, 5) is 27.5. The summed E-state index contributed by atoms with van der Waals surface area (Å²) in [7, 11) is 0. The number of nitrogens with zero attached hydrogens (tertiary/aromatic N) is 2. The van der Waals surface area contributed by atoms with E-state index < -0.39 is 5.91 Å². The highest BCUT2D eigenvalue weighted by atomic mass is 32.1. The molecule has 0 aliphatic carbocycles. The highest BCUT2D eigenvalue weighted by Gasteiger charge is 2.18. The Bertz CT molecular complexity index is 909. The van der Waals surface area contributed by atoms with Crippen LogP contribution in [0.3, 0.4) is 0 Å². The topological polar surface area (TPSA) is 90.0 Å². The van der Waals surface area contributed by atoms with Gasteiger partial charge in [0.2, 0.25) is 5.91 Å². The van der Waals surface area contributed by atoms with E-state index in [4.69, 9.17) is 10.7 Å². The smallest absolute Gasteiger partial charge is 0.250 e. The first-order valence-corrected chi connectivity index (χ1v) is 9.52. The van der Waals surface area contributed by atoms with E-state index in [9.17, 15) is 9.59 Å². The Balaban J connectivity index is 1.98. The number of amides is 2. The van der Waals surface area contributed by atoms with Crippen LogP contribution in [0.25, 0.3) is 22.0 Å². The largest absolute Gasteiger partial charge is 0.366 e. The van der Waals surface area contributed by atoms with Gasteiger partial charge in [-0.2, -0.15) is 11.3 Å². The van der Waals surface area contributed by atoms with Gasteiger partial charge in [-0.25, -0.2) is 4.98 Å². The lowest BCUT2D eigenvalue weighted by molar-refractivity contribution is -0.118. The first-order chi connectivity index (χ1) is 12.0. The molecule has 0 bridgehead atoms. The molecule has 0 aromatic carbocycles. The van der Waals surface area contributed by atoms with Gasteiger partial charge in [0.25, 0.3) is 5.91 Å². The van der Waals surface area contributed by atoms with Gasteiger partial charge < -0.3 is 15.6 Å². The van der Waals surface area contributed by atoms with Crippen LogP contribution in [0.5, 0.6) is 0 Å². The molecule has 3 aromatic heterocycles. The second-order valence-corrected chi connectivity index (χ2v) is 7.22. The van der Waals surface area contributed by atoms with E-state index in [1.54, 1.807) is 28.7 Å². The SMILES string of the molecule is CC(=O)NCCn1c(-c2csc(-c3ccsc3)n2)cc(C(N)=O)c1C. The lowest BCUT2D eigenvalue weighted by Crippen LogP contribution is -2.25. The number of nitrogens with one attached hydrogen (secondary N) is 1. The van der Waals surface area contributed by atoms with Gasteiger partial charge >= 0.3 is 0 Å². The highest BCUT2D eigenvalue weighted by Crippen LogP contribution is 2.32. The second-order valence-electron chi connectivity index (χ2n) is 5.58. The van der Waals surface area contributed by atoms with Crippen molar-refractivity contribution in [2.75, 3.05) is 6.54 Å². The average molecular weight is 374 g/mol. The van der Waals surface area contributed by atoms with Crippen LogP contribution in [0.2, 0.25) is 0 Å². The molecule has 0 aliphatic heterocycles. The van der Waals surface area contributed by atoms with E-state index in [2.05, 4.69) is 10.7 Å². The van der Waals surface area contributed by atoms with Crippen molar-refractivity contribution in [2.24, 2.45) is 5.73 Å². The van der Waals surface area contributed by atoms with Gasteiger partial charge in [-0.1, -0.05) is 0 Å². The van der Waals surface area contributed by atoms with E-state index in [1.165, 1.54) is 6.92 Å². The molecule has 0 fully saturated rings. The quantitative estimate of drug-likeness (QED) is 0.695. The number of carbonyl (C=O) groups excluding carboxylic acids is 2. The Labute approximate surface area is 153 Å². The van der Waals surface area contributed by atoms with Gasteiger partial charge in [0.1, 0.15) is 5.01 Å². The van der Waals surface area contributed by atoms with Gasteiger partial charge in [-0.15, -0.1) is 11.3 Å². The first kappa shape index (κ1) is 17.4. The van der Waals surface area contributed by atoms with Gasteiger partial charge in [-0.05, 0) is 24.4 Å². The number of carbonyl (C=O) groups is 2. The van der Waals surface area contributed by atoms with Crippen molar-refractivity contribution in [3.63, 3.8) is 0 Å². The maximum absolute atomic E-state index is 11.7. The molecule has 0 saturated heterocycles. The third-order valence-corrected chi connectivity index (χ3v) is 5.45. The zero-order valence-electron chi connectivity index (χ0n) is 13.9. The van der Waals surface area contributed by atoms with E-state index in [0.29, 0.717) is 18.7 Å². The number of nitrogens with two attached hydrogens (primary N) is 1. The summed E-state index contributed by atoms with van der Waals surface area (Å²) in [5.41, 5.74) is 9.46. The zero-order chi connectivity index (χ0) is 18.0. The van der Waals surface area contributed by atoms with Gasteiger partial charge in [0.15, 0.2) is 0 Å². The molecule has 0 atom stereocenters. The Morgan fingerprint density at radius 1 is 1.36 bits per heavy atom. The molecule has 8 heteroatoms. The van der Waals surface area contributed by atoms with E-state index in [1.807, 2.05) is 28.3 Å². The molecule has 0 saturated carbocycles. The lowest BCUT2D eigenvalue weighted by Gasteiger charge is -2.11. The molecule has 25 heavy (non-hydrogen) atoms. The number of hydrogen-bond donors (Lipinski definition) is 2. The van der Waals surface area contributed by atoms with Crippen molar-refractivity contribution in [1.29, 1.82) is 0 Å². The maximum Gasteiger partial charge on any atom is 0.250 e. The number of rotatable bonds is 6. The summed E-state index contributed by atoms with van der Waals surface area (Å²) in [6.45, 7) is 4.34. The Hall–Kier alpha value is -2.45. The van der Waals surface area contributed by atoms with Crippen molar-refractivity contribution in [2.45, 2.75) is 20.4 Å². The van der Waals surface area contributed by atoms with Gasteiger partial charge in [0, 0.05) is 42.0 Å². The molecule has 6 nitrogen and oxygen atoms in total. The lowest BCUT2D eigenvalue weighted by atomic mass is 10.2. The third kappa shape index (κ3) is 3.64. The normalized spacial score (nSPS) is 10.8.